The van der Waals surface area contributed by atoms with Crippen molar-refractivity contribution < 1.29 is 9.13 Å². The Kier molecular flexibility index (Phi) is 5.59. The highest BCUT2D eigenvalue weighted by molar-refractivity contribution is 6.31. The number of ether oxygens (including phenoxy) is 1. The summed E-state index contributed by atoms with van der Waals surface area (Å²) >= 11 is 6.15. The molecule has 0 aliphatic carbocycles. The third kappa shape index (κ3) is 3.96. The minimum Gasteiger partial charge on any atom is -0.494 e. The lowest BCUT2D eigenvalue weighted by Crippen LogP contribution is -2.18. The van der Waals surface area contributed by atoms with Crippen molar-refractivity contribution in [1.29, 1.82) is 0 Å². The minimum absolute atomic E-state index is 0.0849. The summed E-state index contributed by atoms with van der Waals surface area (Å²) in [5.41, 5.74) is 1.90. The molecule has 0 radical (unpaired) electrons. The second-order valence-electron chi connectivity index (χ2n) is 4.81. The van der Waals surface area contributed by atoms with Gasteiger partial charge in [0.05, 0.1) is 12.6 Å². The lowest BCUT2D eigenvalue weighted by molar-refractivity contribution is 0.317. The molecule has 4 heteroatoms. The highest BCUT2D eigenvalue weighted by Crippen LogP contribution is 2.29. The summed E-state index contributed by atoms with van der Waals surface area (Å²) in [7, 11) is 1.85. The molecule has 0 amide bonds. The van der Waals surface area contributed by atoms with Crippen LogP contribution >= 0.6 is 11.6 Å². The van der Waals surface area contributed by atoms with Crippen LogP contribution in [0.2, 0.25) is 5.02 Å². The third-order valence-electron chi connectivity index (χ3n) is 3.25. The van der Waals surface area contributed by atoms with E-state index in [0.29, 0.717) is 11.6 Å². The number of nitrogens with one attached hydrogen (secondary N) is 1. The van der Waals surface area contributed by atoms with Crippen LogP contribution in [0.5, 0.6) is 5.75 Å². The number of hydrogen-bond donors (Lipinski definition) is 1. The molecule has 2 aromatic rings. The first-order chi connectivity index (χ1) is 10.2. The van der Waals surface area contributed by atoms with E-state index in [-0.39, 0.29) is 11.9 Å². The van der Waals surface area contributed by atoms with Crippen molar-refractivity contribution in [3.63, 3.8) is 0 Å². The molecule has 0 bridgehead atoms. The maximum absolute atomic E-state index is 13.2. The van der Waals surface area contributed by atoms with Gasteiger partial charge in [-0.25, -0.2) is 4.39 Å². The van der Waals surface area contributed by atoms with Gasteiger partial charge in [-0.1, -0.05) is 36.7 Å². The number of rotatable bonds is 6. The highest BCUT2D eigenvalue weighted by atomic mass is 35.5. The molecule has 0 heterocycles. The SMILES string of the molecule is CCCOc1ccc(C(NC)c2ccc(F)cc2Cl)cc1. The van der Waals surface area contributed by atoms with Crippen molar-refractivity contribution in [2.75, 3.05) is 13.7 Å². The van der Waals surface area contributed by atoms with E-state index in [1.165, 1.54) is 12.1 Å². The summed E-state index contributed by atoms with van der Waals surface area (Å²) in [6.07, 6.45) is 0.978. The smallest absolute Gasteiger partial charge is 0.124 e. The van der Waals surface area contributed by atoms with Gasteiger partial charge in [-0.2, -0.15) is 0 Å². The molecule has 1 atom stereocenters. The first kappa shape index (κ1) is 15.8. The van der Waals surface area contributed by atoms with Crippen molar-refractivity contribution in [2.24, 2.45) is 0 Å². The fourth-order valence-corrected chi connectivity index (χ4v) is 2.49. The van der Waals surface area contributed by atoms with Crippen LogP contribution in [0, 0.1) is 5.82 Å². The van der Waals surface area contributed by atoms with Crippen molar-refractivity contribution in [1.82, 2.24) is 5.32 Å². The Balaban J connectivity index is 2.24. The van der Waals surface area contributed by atoms with Crippen molar-refractivity contribution in [3.05, 3.63) is 64.4 Å². The molecule has 1 N–H and O–H groups in total. The lowest BCUT2D eigenvalue weighted by Gasteiger charge is -2.19. The first-order valence-electron chi connectivity index (χ1n) is 7.00. The standard InChI is InChI=1S/C17H19ClFNO/c1-3-10-21-14-7-4-12(5-8-14)17(20-2)15-9-6-13(19)11-16(15)18/h4-9,11,17,20H,3,10H2,1-2H3. The summed E-state index contributed by atoms with van der Waals surface area (Å²) in [6, 6.07) is 12.2. The zero-order chi connectivity index (χ0) is 15.2. The summed E-state index contributed by atoms with van der Waals surface area (Å²) < 4.78 is 18.7. The quantitative estimate of drug-likeness (QED) is 0.843. The average Bonchev–Trinajstić information content (AvgIpc) is 2.49. The van der Waals surface area contributed by atoms with E-state index in [1.807, 2.05) is 31.3 Å². The first-order valence-corrected chi connectivity index (χ1v) is 7.38. The van der Waals surface area contributed by atoms with Gasteiger partial charge in [0, 0.05) is 5.02 Å². The Labute approximate surface area is 129 Å². The molecule has 1 unspecified atom stereocenters. The molecule has 0 saturated heterocycles. The molecular formula is C17H19ClFNO. The molecular weight excluding hydrogens is 289 g/mol. The van der Waals surface area contributed by atoms with Crippen LogP contribution in [0.3, 0.4) is 0 Å². The fraction of sp³-hybridized carbons (Fsp3) is 0.294. The maximum atomic E-state index is 13.2. The second kappa shape index (κ2) is 7.43. The van der Waals surface area contributed by atoms with Gasteiger partial charge in [0.1, 0.15) is 11.6 Å². The summed E-state index contributed by atoms with van der Waals surface area (Å²) in [4.78, 5) is 0. The molecule has 2 aromatic carbocycles. The molecule has 112 valence electrons. The van der Waals surface area contributed by atoms with Gasteiger partial charge < -0.3 is 10.1 Å². The predicted octanol–water partition coefficient (Wildman–Crippen LogP) is 4.58. The van der Waals surface area contributed by atoms with Gasteiger partial charge in [-0.15, -0.1) is 0 Å². The number of hydrogen-bond acceptors (Lipinski definition) is 2. The largest absolute Gasteiger partial charge is 0.494 e. The number of benzene rings is 2. The molecule has 0 saturated carbocycles. The van der Waals surface area contributed by atoms with Gasteiger partial charge in [-0.05, 0) is 48.9 Å². The fourth-order valence-electron chi connectivity index (χ4n) is 2.21. The monoisotopic (exact) mass is 307 g/mol. The molecule has 0 aromatic heterocycles. The van der Waals surface area contributed by atoms with Crippen LogP contribution in [-0.2, 0) is 0 Å². The van der Waals surface area contributed by atoms with E-state index in [1.54, 1.807) is 6.07 Å². The van der Waals surface area contributed by atoms with E-state index in [9.17, 15) is 4.39 Å². The Morgan fingerprint density at radius 3 is 2.48 bits per heavy atom. The maximum Gasteiger partial charge on any atom is 0.124 e. The van der Waals surface area contributed by atoms with Crippen molar-refractivity contribution >= 4 is 11.6 Å². The van der Waals surface area contributed by atoms with Crippen LogP contribution in [0.4, 0.5) is 4.39 Å². The van der Waals surface area contributed by atoms with Crippen molar-refractivity contribution in [3.8, 4) is 5.75 Å². The van der Waals surface area contributed by atoms with E-state index >= 15 is 0 Å². The van der Waals surface area contributed by atoms with Gasteiger partial charge in [0.25, 0.3) is 0 Å². The summed E-state index contributed by atoms with van der Waals surface area (Å²) in [6.45, 7) is 2.78. The van der Waals surface area contributed by atoms with Gasteiger partial charge in [0.2, 0.25) is 0 Å². The molecule has 0 aliphatic rings. The van der Waals surface area contributed by atoms with Gasteiger partial charge >= 0.3 is 0 Å². The normalized spacial score (nSPS) is 12.2. The number of halogens is 2. The van der Waals surface area contributed by atoms with Crippen molar-refractivity contribution in [2.45, 2.75) is 19.4 Å². The third-order valence-corrected chi connectivity index (χ3v) is 3.58. The van der Waals surface area contributed by atoms with Crippen LogP contribution < -0.4 is 10.1 Å². The molecule has 2 nitrogen and oxygen atoms in total. The topological polar surface area (TPSA) is 21.3 Å². The van der Waals surface area contributed by atoms with E-state index in [2.05, 4.69) is 12.2 Å². The van der Waals surface area contributed by atoms with Crippen LogP contribution in [0.25, 0.3) is 0 Å². The Morgan fingerprint density at radius 1 is 1.19 bits per heavy atom. The van der Waals surface area contributed by atoms with Gasteiger partial charge in [-0.3, -0.25) is 0 Å². The zero-order valence-corrected chi connectivity index (χ0v) is 13.0. The molecule has 21 heavy (non-hydrogen) atoms. The Morgan fingerprint density at radius 2 is 1.90 bits per heavy atom. The van der Waals surface area contributed by atoms with E-state index in [0.717, 1.165) is 23.3 Å². The molecule has 2 rings (SSSR count). The van der Waals surface area contributed by atoms with Crippen LogP contribution in [0.1, 0.15) is 30.5 Å². The zero-order valence-electron chi connectivity index (χ0n) is 12.2. The highest BCUT2D eigenvalue weighted by Gasteiger charge is 2.15. The molecule has 0 aliphatic heterocycles. The van der Waals surface area contributed by atoms with Crippen LogP contribution in [-0.4, -0.2) is 13.7 Å². The average molecular weight is 308 g/mol. The van der Waals surface area contributed by atoms with Gasteiger partial charge in [0.15, 0.2) is 0 Å². The predicted molar refractivity (Wildman–Crippen MR) is 84.5 cm³/mol. The summed E-state index contributed by atoms with van der Waals surface area (Å²) in [5, 5.41) is 3.63. The Hall–Kier alpha value is -1.58. The second-order valence-corrected chi connectivity index (χ2v) is 5.21. The lowest BCUT2D eigenvalue weighted by atomic mass is 9.98. The Bertz CT molecular complexity index is 586. The molecule has 0 fully saturated rings. The summed E-state index contributed by atoms with van der Waals surface area (Å²) in [5.74, 6) is 0.516. The minimum atomic E-state index is -0.332. The van der Waals surface area contributed by atoms with Crippen LogP contribution in [0.15, 0.2) is 42.5 Å². The van der Waals surface area contributed by atoms with E-state index in [4.69, 9.17) is 16.3 Å². The van der Waals surface area contributed by atoms with E-state index < -0.39 is 0 Å². The molecule has 0 spiro atoms.